The van der Waals surface area contributed by atoms with Gasteiger partial charge in [0.2, 0.25) is 10.3 Å². The van der Waals surface area contributed by atoms with Crippen LogP contribution in [0.2, 0.25) is 0 Å². The molecule has 1 atom stereocenters. The van der Waals surface area contributed by atoms with Gasteiger partial charge in [-0.25, -0.2) is 0 Å². The Bertz CT molecular complexity index is 915. The van der Waals surface area contributed by atoms with Gasteiger partial charge in [-0.3, -0.25) is 9.59 Å². The minimum Gasteiger partial charge on any atom is -0.326 e. The molecule has 22 heavy (non-hydrogen) atoms. The van der Waals surface area contributed by atoms with Crippen molar-refractivity contribution in [1.82, 2.24) is 0 Å². The fourth-order valence-electron chi connectivity index (χ4n) is 2.80. The molecule has 7 heteroatoms. The van der Waals surface area contributed by atoms with Crippen LogP contribution in [0.3, 0.4) is 0 Å². The highest BCUT2D eigenvalue weighted by Crippen LogP contribution is 2.34. The maximum atomic E-state index is 12.7. The number of nitrogens with two attached hydrogens (primary N) is 2. The molecule has 0 amide bonds. The van der Waals surface area contributed by atoms with Gasteiger partial charge in [0.15, 0.2) is 11.6 Å². The topological polar surface area (TPSA) is 120 Å². The van der Waals surface area contributed by atoms with E-state index in [1.54, 1.807) is 18.2 Å². The number of benzene rings is 1. The van der Waals surface area contributed by atoms with Crippen LogP contribution >= 0.6 is 0 Å². The molecule has 6 nitrogen and oxygen atoms in total. The summed E-state index contributed by atoms with van der Waals surface area (Å²) in [6, 6.07) is 5.23. The lowest BCUT2D eigenvalue weighted by Gasteiger charge is -2.28. The Morgan fingerprint density at radius 3 is 2.18 bits per heavy atom. The second-order valence-corrected chi connectivity index (χ2v) is 5.92. The summed E-state index contributed by atoms with van der Waals surface area (Å²) in [5.41, 5.74) is 12.5. The van der Waals surface area contributed by atoms with Crippen molar-refractivity contribution < 1.29 is 18.0 Å². The minimum atomic E-state index is -2.59. The molecule has 0 fully saturated rings. The van der Waals surface area contributed by atoms with Gasteiger partial charge in [-0.05, 0) is 11.6 Å². The summed E-state index contributed by atoms with van der Waals surface area (Å²) in [4.78, 5) is 25.2. The number of rotatable bonds is 1. The first-order chi connectivity index (χ1) is 10.5. The van der Waals surface area contributed by atoms with E-state index in [1.165, 1.54) is 12.1 Å². The molecule has 0 saturated carbocycles. The van der Waals surface area contributed by atoms with Crippen molar-refractivity contribution >= 4 is 26.7 Å². The van der Waals surface area contributed by atoms with Crippen LogP contribution in [0.1, 0.15) is 20.7 Å². The molecule has 1 unspecified atom stereocenters. The van der Waals surface area contributed by atoms with Gasteiger partial charge in [-0.2, -0.15) is 8.42 Å². The molecule has 0 bridgehead atoms. The molecule has 0 aliphatic heterocycles. The first-order valence-corrected chi connectivity index (χ1v) is 7.60. The van der Waals surface area contributed by atoms with Crippen LogP contribution in [-0.4, -0.2) is 37.4 Å². The summed E-state index contributed by atoms with van der Waals surface area (Å²) >= 11 is 0. The molecule has 2 aliphatic carbocycles. The third-order valence-electron chi connectivity index (χ3n) is 3.82. The number of ketones is 2. The number of Topliss-reactive ketones (excluding diaryl/α,β-unsaturated/α-hetero) is 2. The maximum absolute atomic E-state index is 12.7. The lowest BCUT2D eigenvalue weighted by molar-refractivity contribution is 0.0973. The average Bonchev–Trinajstić information content (AvgIpc) is 2.52. The van der Waals surface area contributed by atoms with Gasteiger partial charge in [-0.15, -0.1) is 0 Å². The van der Waals surface area contributed by atoms with E-state index in [2.05, 4.69) is 0 Å². The van der Waals surface area contributed by atoms with Crippen molar-refractivity contribution in [3.05, 3.63) is 58.2 Å². The van der Waals surface area contributed by atoms with Crippen LogP contribution < -0.4 is 11.5 Å². The van der Waals surface area contributed by atoms with Gasteiger partial charge < -0.3 is 11.5 Å². The molecular formula is C15H12N2O4S. The third kappa shape index (κ3) is 1.91. The van der Waals surface area contributed by atoms with Crippen LogP contribution in [0, 0.1) is 0 Å². The van der Waals surface area contributed by atoms with Gasteiger partial charge in [0.05, 0.1) is 10.9 Å². The van der Waals surface area contributed by atoms with E-state index in [-0.39, 0.29) is 39.5 Å². The molecule has 4 N–H and O–H groups in total. The number of fused-ring (bicyclic) bond motifs is 1. The van der Waals surface area contributed by atoms with Crippen molar-refractivity contribution in [3.63, 3.8) is 0 Å². The Balaban J connectivity index is 2.35. The van der Waals surface area contributed by atoms with Crippen molar-refractivity contribution in [2.75, 3.05) is 6.54 Å². The monoisotopic (exact) mass is 316 g/mol. The Morgan fingerprint density at radius 1 is 1.05 bits per heavy atom. The molecule has 0 saturated heterocycles. The van der Waals surface area contributed by atoms with Crippen LogP contribution in [0.25, 0.3) is 0 Å². The predicted octanol–water partition coefficient (Wildman–Crippen LogP) is -0.360. The van der Waals surface area contributed by atoms with E-state index in [9.17, 15) is 18.0 Å². The average molecular weight is 316 g/mol. The van der Waals surface area contributed by atoms with Gasteiger partial charge in [-0.1, -0.05) is 24.3 Å². The Hall–Kier alpha value is -2.35. The van der Waals surface area contributed by atoms with Crippen LogP contribution in [0.4, 0.5) is 0 Å². The number of carbonyl (C=O) groups is 2. The Morgan fingerprint density at radius 2 is 1.64 bits per heavy atom. The van der Waals surface area contributed by atoms with Crippen LogP contribution in [0.15, 0.2) is 47.1 Å². The second-order valence-electron chi connectivity index (χ2n) is 4.98. The highest BCUT2D eigenvalue weighted by atomic mass is 32.2. The van der Waals surface area contributed by atoms with E-state index in [4.69, 9.17) is 11.5 Å². The fourth-order valence-corrected chi connectivity index (χ4v) is 3.36. The molecule has 3 rings (SSSR count). The lowest BCUT2D eigenvalue weighted by Crippen LogP contribution is -2.43. The van der Waals surface area contributed by atoms with Crippen LogP contribution in [-0.2, 0) is 10.3 Å². The predicted molar refractivity (Wildman–Crippen MR) is 81.2 cm³/mol. The van der Waals surface area contributed by atoms with E-state index in [0.717, 1.165) is 0 Å². The molecular weight excluding hydrogens is 304 g/mol. The molecule has 2 aliphatic rings. The zero-order chi connectivity index (χ0) is 16.0. The van der Waals surface area contributed by atoms with E-state index < -0.39 is 22.1 Å². The van der Waals surface area contributed by atoms with E-state index in [1.807, 2.05) is 0 Å². The SMILES string of the molecule is NCC1=CC(=S(=O)=O)C(N)C2=C1C(=O)c1ccccc1C2=O. The molecule has 1 aromatic carbocycles. The van der Waals surface area contributed by atoms with Gasteiger partial charge in [0.1, 0.15) is 0 Å². The molecule has 1 aromatic rings. The standard InChI is InChI=1S/C15H12N2O4S/c16-6-7-5-10(22(20)21)13(17)12-11(7)14(18)8-3-1-2-4-9(8)15(12)19/h1-5,13H,6,16-17H2. The van der Waals surface area contributed by atoms with E-state index in [0.29, 0.717) is 5.57 Å². The first kappa shape index (κ1) is 14.6. The zero-order valence-corrected chi connectivity index (χ0v) is 12.2. The second kappa shape index (κ2) is 5.13. The minimum absolute atomic E-state index is 0.00542. The van der Waals surface area contributed by atoms with Gasteiger partial charge in [0.25, 0.3) is 0 Å². The van der Waals surface area contributed by atoms with Crippen LogP contribution in [0.5, 0.6) is 0 Å². The largest absolute Gasteiger partial charge is 0.326 e. The summed E-state index contributed by atoms with van der Waals surface area (Å²) in [6.07, 6.45) is 1.28. The summed E-state index contributed by atoms with van der Waals surface area (Å²) in [6.45, 7) is -0.0621. The lowest BCUT2D eigenvalue weighted by atomic mass is 9.75. The molecule has 112 valence electrons. The first-order valence-electron chi connectivity index (χ1n) is 6.52. The van der Waals surface area contributed by atoms with Crippen molar-refractivity contribution in [2.24, 2.45) is 11.5 Å². The maximum Gasteiger partial charge on any atom is 0.219 e. The quantitative estimate of drug-likeness (QED) is 0.683. The molecule has 0 aromatic heterocycles. The molecule has 0 heterocycles. The zero-order valence-electron chi connectivity index (χ0n) is 11.4. The van der Waals surface area contributed by atoms with Crippen molar-refractivity contribution in [2.45, 2.75) is 6.04 Å². The highest BCUT2D eigenvalue weighted by Gasteiger charge is 2.39. The van der Waals surface area contributed by atoms with Crippen molar-refractivity contribution in [3.8, 4) is 0 Å². The summed E-state index contributed by atoms with van der Waals surface area (Å²) < 4.78 is 22.6. The summed E-state index contributed by atoms with van der Waals surface area (Å²) in [7, 11) is -2.59. The van der Waals surface area contributed by atoms with Gasteiger partial charge >= 0.3 is 0 Å². The fraction of sp³-hybridized carbons (Fsp3) is 0.133. The normalized spacial score (nSPS) is 20.5. The highest BCUT2D eigenvalue weighted by molar-refractivity contribution is 7.73. The molecule has 0 radical (unpaired) electrons. The number of hydrogen-bond donors (Lipinski definition) is 2. The Labute approximate surface area is 127 Å². The summed E-state index contributed by atoms with van der Waals surface area (Å²) in [5.74, 6) is -0.784. The Kier molecular flexibility index (Phi) is 3.40. The number of hydrogen-bond acceptors (Lipinski definition) is 6. The smallest absolute Gasteiger partial charge is 0.219 e. The van der Waals surface area contributed by atoms with Crippen molar-refractivity contribution in [1.29, 1.82) is 0 Å². The summed E-state index contributed by atoms with van der Waals surface area (Å²) in [5, 5.41) is 0. The number of carbonyl (C=O) groups excluding carboxylic acids is 2. The van der Waals surface area contributed by atoms with Gasteiger partial charge in [0, 0.05) is 28.8 Å². The third-order valence-corrected chi connectivity index (χ3v) is 4.58. The van der Waals surface area contributed by atoms with E-state index >= 15 is 0 Å². The molecule has 0 spiro atoms.